The Morgan fingerprint density at radius 2 is 2.06 bits per heavy atom. The summed E-state index contributed by atoms with van der Waals surface area (Å²) in [4.78, 5) is 10.8. The topological polar surface area (TPSA) is 26.3 Å². The van der Waals surface area contributed by atoms with Gasteiger partial charge in [0.05, 0.1) is 12.1 Å². The minimum atomic E-state index is 0.259. The van der Waals surface area contributed by atoms with E-state index in [0.717, 1.165) is 25.0 Å². The lowest BCUT2D eigenvalue weighted by Crippen LogP contribution is -1.95. The molecular weight excluding hydrogens is 236 g/mol. The van der Waals surface area contributed by atoms with Crippen LogP contribution in [0.25, 0.3) is 0 Å². The van der Waals surface area contributed by atoms with Gasteiger partial charge in [-0.1, -0.05) is 11.6 Å². The zero-order chi connectivity index (χ0) is 12.8. The Kier molecular flexibility index (Phi) is 5.49. The first-order valence-corrected chi connectivity index (χ1v) is 6.25. The molecule has 0 spiro atoms. The molecule has 2 nitrogen and oxygen atoms in total. The molecule has 0 aliphatic carbocycles. The van der Waals surface area contributed by atoms with E-state index < -0.39 is 0 Å². The van der Waals surface area contributed by atoms with Crippen LogP contribution >= 0.6 is 11.6 Å². The van der Waals surface area contributed by atoms with Gasteiger partial charge in [-0.3, -0.25) is 0 Å². The first-order chi connectivity index (χ1) is 8.04. The molecule has 0 fully saturated rings. The predicted molar refractivity (Wildman–Crippen MR) is 71.0 cm³/mol. The molecule has 1 aromatic carbocycles. The summed E-state index contributed by atoms with van der Waals surface area (Å²) in [7, 11) is 1.62. The number of ether oxygens (including phenoxy) is 1. The van der Waals surface area contributed by atoms with E-state index >= 15 is 0 Å². The molecule has 0 aliphatic heterocycles. The Hall–Kier alpha value is -1.02. The Bertz CT molecular complexity index is 399. The summed E-state index contributed by atoms with van der Waals surface area (Å²) >= 11 is 6.09. The number of benzene rings is 1. The standard InChI is InChI=1S/C14H19ClO2/c1-10-8-14(17-3)13(15)9-12(10)7-5-4-6-11(2)16/h8-9H,4-7H2,1-3H3. The normalized spacial score (nSPS) is 10.4. The van der Waals surface area contributed by atoms with E-state index in [1.165, 1.54) is 11.1 Å². The molecule has 0 aromatic heterocycles. The van der Waals surface area contributed by atoms with Gasteiger partial charge in [-0.15, -0.1) is 0 Å². The molecule has 17 heavy (non-hydrogen) atoms. The summed E-state index contributed by atoms with van der Waals surface area (Å²) in [5.41, 5.74) is 2.42. The van der Waals surface area contributed by atoms with Crippen LogP contribution in [0.5, 0.6) is 5.75 Å². The van der Waals surface area contributed by atoms with Crippen LogP contribution in [0.15, 0.2) is 12.1 Å². The lowest BCUT2D eigenvalue weighted by molar-refractivity contribution is -0.117. The van der Waals surface area contributed by atoms with Gasteiger partial charge in [0.15, 0.2) is 0 Å². The van der Waals surface area contributed by atoms with Crippen molar-refractivity contribution in [2.24, 2.45) is 0 Å². The highest BCUT2D eigenvalue weighted by Gasteiger charge is 2.06. The molecule has 0 unspecified atom stereocenters. The largest absolute Gasteiger partial charge is 0.495 e. The Labute approximate surface area is 108 Å². The van der Waals surface area contributed by atoms with Crippen molar-refractivity contribution in [1.82, 2.24) is 0 Å². The van der Waals surface area contributed by atoms with Crippen LogP contribution in [-0.4, -0.2) is 12.9 Å². The maximum atomic E-state index is 10.8. The second-order valence-electron chi connectivity index (χ2n) is 4.32. The lowest BCUT2D eigenvalue weighted by atomic mass is 10.0. The van der Waals surface area contributed by atoms with Crippen molar-refractivity contribution in [2.75, 3.05) is 7.11 Å². The van der Waals surface area contributed by atoms with Crippen LogP contribution in [0.2, 0.25) is 5.02 Å². The predicted octanol–water partition coefficient (Wildman–Crippen LogP) is 3.96. The third kappa shape index (κ3) is 4.39. The van der Waals surface area contributed by atoms with Crippen molar-refractivity contribution in [1.29, 1.82) is 0 Å². The van der Waals surface area contributed by atoms with Gasteiger partial charge in [0.1, 0.15) is 11.5 Å². The number of rotatable bonds is 6. The summed E-state index contributed by atoms with van der Waals surface area (Å²) in [6, 6.07) is 3.92. The Morgan fingerprint density at radius 1 is 1.35 bits per heavy atom. The zero-order valence-corrected chi connectivity index (χ0v) is 11.4. The van der Waals surface area contributed by atoms with Crippen molar-refractivity contribution in [3.05, 3.63) is 28.3 Å². The van der Waals surface area contributed by atoms with Crippen molar-refractivity contribution >= 4 is 17.4 Å². The van der Waals surface area contributed by atoms with Crippen LogP contribution in [0, 0.1) is 6.92 Å². The zero-order valence-electron chi connectivity index (χ0n) is 10.7. The summed E-state index contributed by atoms with van der Waals surface area (Å²) in [6.07, 6.45) is 3.59. The molecule has 1 rings (SSSR count). The average Bonchev–Trinajstić information content (AvgIpc) is 2.28. The number of carbonyl (C=O) groups is 1. The third-order valence-corrected chi connectivity index (χ3v) is 3.13. The van der Waals surface area contributed by atoms with Gasteiger partial charge in [-0.2, -0.15) is 0 Å². The van der Waals surface area contributed by atoms with E-state index in [4.69, 9.17) is 16.3 Å². The molecule has 0 bridgehead atoms. The maximum Gasteiger partial charge on any atom is 0.137 e. The molecule has 0 heterocycles. The van der Waals surface area contributed by atoms with Crippen LogP contribution in [0.1, 0.15) is 37.3 Å². The van der Waals surface area contributed by atoms with Crippen LogP contribution in [-0.2, 0) is 11.2 Å². The molecule has 0 saturated carbocycles. The number of hydrogen-bond acceptors (Lipinski definition) is 2. The fourth-order valence-electron chi connectivity index (χ4n) is 1.81. The molecule has 1 aromatic rings. The number of carbonyl (C=O) groups excluding carboxylic acids is 1. The van der Waals surface area contributed by atoms with E-state index in [9.17, 15) is 4.79 Å². The van der Waals surface area contributed by atoms with Crippen molar-refractivity contribution in [2.45, 2.75) is 39.5 Å². The summed E-state index contributed by atoms with van der Waals surface area (Å²) < 4.78 is 5.16. The van der Waals surface area contributed by atoms with Gasteiger partial charge in [-0.25, -0.2) is 0 Å². The average molecular weight is 255 g/mol. The number of ketones is 1. The molecule has 0 N–H and O–H groups in total. The van der Waals surface area contributed by atoms with Crippen LogP contribution in [0.4, 0.5) is 0 Å². The fraction of sp³-hybridized carbons (Fsp3) is 0.500. The van der Waals surface area contributed by atoms with Gasteiger partial charge < -0.3 is 9.53 Å². The highest BCUT2D eigenvalue weighted by Crippen LogP contribution is 2.28. The van der Waals surface area contributed by atoms with Gasteiger partial charge in [0.2, 0.25) is 0 Å². The van der Waals surface area contributed by atoms with Gasteiger partial charge >= 0.3 is 0 Å². The van der Waals surface area contributed by atoms with Crippen LogP contribution in [0.3, 0.4) is 0 Å². The molecule has 0 amide bonds. The lowest BCUT2D eigenvalue weighted by Gasteiger charge is -2.10. The highest BCUT2D eigenvalue weighted by atomic mass is 35.5. The third-order valence-electron chi connectivity index (χ3n) is 2.84. The summed E-state index contributed by atoms with van der Waals surface area (Å²) in [6.45, 7) is 3.69. The van der Waals surface area contributed by atoms with Crippen LogP contribution < -0.4 is 4.74 Å². The second-order valence-corrected chi connectivity index (χ2v) is 4.73. The number of methoxy groups -OCH3 is 1. The quantitative estimate of drug-likeness (QED) is 0.719. The maximum absolute atomic E-state index is 10.8. The van der Waals surface area contributed by atoms with E-state index in [0.29, 0.717) is 11.4 Å². The van der Waals surface area contributed by atoms with Crippen molar-refractivity contribution in [3.63, 3.8) is 0 Å². The first kappa shape index (κ1) is 14.0. The minimum absolute atomic E-state index is 0.259. The molecular formula is C14H19ClO2. The summed E-state index contributed by atoms with van der Waals surface area (Å²) in [5, 5.41) is 0.652. The number of Topliss-reactive ketones (excluding diaryl/α,β-unsaturated/α-hetero) is 1. The second kappa shape index (κ2) is 6.65. The molecule has 0 atom stereocenters. The highest BCUT2D eigenvalue weighted by molar-refractivity contribution is 6.32. The van der Waals surface area contributed by atoms with E-state index in [1.54, 1.807) is 14.0 Å². The smallest absolute Gasteiger partial charge is 0.137 e. The number of aryl methyl sites for hydroxylation is 2. The van der Waals surface area contributed by atoms with Crippen molar-refractivity contribution < 1.29 is 9.53 Å². The molecule has 0 radical (unpaired) electrons. The SMILES string of the molecule is COc1cc(C)c(CCCCC(C)=O)cc1Cl. The van der Waals surface area contributed by atoms with Gasteiger partial charge in [0.25, 0.3) is 0 Å². The molecule has 3 heteroatoms. The van der Waals surface area contributed by atoms with Gasteiger partial charge in [-0.05, 0) is 56.4 Å². The number of halogens is 1. The Morgan fingerprint density at radius 3 is 2.65 bits per heavy atom. The van der Waals surface area contributed by atoms with E-state index in [1.807, 2.05) is 12.1 Å². The van der Waals surface area contributed by atoms with Gasteiger partial charge in [0, 0.05) is 6.42 Å². The molecule has 0 aliphatic rings. The monoisotopic (exact) mass is 254 g/mol. The Balaban J connectivity index is 2.59. The molecule has 0 saturated heterocycles. The number of unbranched alkanes of at least 4 members (excludes halogenated alkanes) is 1. The number of hydrogen-bond donors (Lipinski definition) is 0. The molecule has 94 valence electrons. The minimum Gasteiger partial charge on any atom is -0.495 e. The van der Waals surface area contributed by atoms with Crippen molar-refractivity contribution in [3.8, 4) is 5.75 Å². The summed E-state index contributed by atoms with van der Waals surface area (Å²) in [5.74, 6) is 0.978. The first-order valence-electron chi connectivity index (χ1n) is 5.87. The van der Waals surface area contributed by atoms with E-state index in [-0.39, 0.29) is 5.78 Å². The fourth-order valence-corrected chi connectivity index (χ4v) is 2.07. The van der Waals surface area contributed by atoms with E-state index in [2.05, 4.69) is 6.92 Å².